The maximum Gasteiger partial charge on any atom is 0.255 e. The molecule has 0 aromatic heterocycles. The number of carbonyl (C=O) groups excluding carboxylic acids is 3. The summed E-state index contributed by atoms with van der Waals surface area (Å²) >= 11 is 6.59. The van der Waals surface area contributed by atoms with E-state index in [1.807, 2.05) is 24.3 Å². The van der Waals surface area contributed by atoms with Crippen LogP contribution in [-0.4, -0.2) is 29.0 Å². The Balaban J connectivity index is 1.70. The van der Waals surface area contributed by atoms with Crippen LogP contribution in [0.15, 0.2) is 71.1 Å². The molecule has 2 N–H and O–H groups in total. The molecule has 2 aromatic rings. The Morgan fingerprint density at radius 1 is 0.923 bits per heavy atom. The van der Waals surface area contributed by atoms with Crippen molar-refractivity contribution in [3.8, 4) is 5.75 Å². The van der Waals surface area contributed by atoms with Crippen LogP contribution in [0.5, 0.6) is 5.75 Å². The first-order chi connectivity index (χ1) is 18.3. The van der Waals surface area contributed by atoms with Crippen LogP contribution in [0.3, 0.4) is 0 Å². The summed E-state index contributed by atoms with van der Waals surface area (Å²) in [7, 11) is 0. The van der Waals surface area contributed by atoms with Crippen molar-refractivity contribution in [2.45, 2.75) is 65.8 Å². The largest absolute Gasteiger partial charge is 0.482 e. The number of primary amides is 1. The summed E-state index contributed by atoms with van der Waals surface area (Å²) in [6.07, 6.45) is 2.29. The van der Waals surface area contributed by atoms with E-state index in [0.29, 0.717) is 41.3 Å². The summed E-state index contributed by atoms with van der Waals surface area (Å²) in [6, 6.07) is 15.5. The SMILES string of the molecule is CC1(C)CC(=O)C2=C(C1)N(Cc1ccccc1)C1=C(C(=O)CC(C)(C)C1)C2c1ccc(OCC(N)=O)c(Cl)c1. The smallest absolute Gasteiger partial charge is 0.255 e. The van der Waals surface area contributed by atoms with Gasteiger partial charge in [-0.25, -0.2) is 0 Å². The maximum atomic E-state index is 13.9. The minimum atomic E-state index is -0.601. The Kier molecular flexibility index (Phi) is 6.96. The molecular formula is C32H35ClN2O4. The predicted octanol–water partition coefficient (Wildman–Crippen LogP) is 6.09. The van der Waals surface area contributed by atoms with Gasteiger partial charge in [0.05, 0.1) is 5.02 Å². The molecule has 2 aliphatic carbocycles. The lowest BCUT2D eigenvalue weighted by Gasteiger charge is -2.49. The summed E-state index contributed by atoms with van der Waals surface area (Å²) < 4.78 is 5.46. The second-order valence-corrected chi connectivity index (χ2v) is 13.0. The third-order valence-corrected chi connectivity index (χ3v) is 8.16. The van der Waals surface area contributed by atoms with Crippen molar-refractivity contribution in [1.82, 2.24) is 4.90 Å². The molecule has 1 heterocycles. The van der Waals surface area contributed by atoms with Crippen LogP contribution in [0, 0.1) is 10.8 Å². The Hall–Kier alpha value is -3.38. The molecule has 0 saturated carbocycles. The molecule has 7 heteroatoms. The second kappa shape index (κ2) is 9.98. The Morgan fingerprint density at radius 3 is 2.00 bits per heavy atom. The first kappa shape index (κ1) is 27.2. The van der Waals surface area contributed by atoms with Crippen molar-refractivity contribution >= 4 is 29.1 Å². The number of ketones is 2. The summed E-state index contributed by atoms with van der Waals surface area (Å²) in [6.45, 7) is 8.83. The molecule has 0 saturated heterocycles. The van der Waals surface area contributed by atoms with Crippen molar-refractivity contribution < 1.29 is 19.1 Å². The van der Waals surface area contributed by atoms with Crippen LogP contribution in [0.1, 0.15) is 70.4 Å². The first-order valence-electron chi connectivity index (χ1n) is 13.4. The van der Waals surface area contributed by atoms with Gasteiger partial charge in [0.25, 0.3) is 5.91 Å². The fraction of sp³-hybridized carbons (Fsp3) is 0.406. The average Bonchev–Trinajstić information content (AvgIpc) is 2.83. The number of Topliss-reactive ketones (excluding diaryl/α,β-unsaturated/α-hetero) is 2. The lowest BCUT2D eigenvalue weighted by atomic mass is 9.63. The lowest BCUT2D eigenvalue weighted by molar-refractivity contribution is -0.121. The van der Waals surface area contributed by atoms with Gasteiger partial charge in [0, 0.05) is 47.8 Å². The second-order valence-electron chi connectivity index (χ2n) is 12.6. The van der Waals surface area contributed by atoms with Gasteiger partial charge in [0.1, 0.15) is 5.75 Å². The standard InChI is InChI=1S/C32H35ClN2O4/c1-31(2)13-22-29(24(36)15-31)28(20-10-11-26(21(33)12-20)39-18-27(34)38)30-23(14-32(3,4)16-25(30)37)35(22)17-19-8-6-5-7-9-19/h5-12,28H,13-18H2,1-4H3,(H2,34,38). The number of carbonyl (C=O) groups is 3. The Labute approximate surface area is 234 Å². The van der Waals surface area contributed by atoms with Crippen molar-refractivity contribution in [2.24, 2.45) is 16.6 Å². The summed E-state index contributed by atoms with van der Waals surface area (Å²) in [5, 5.41) is 0.303. The van der Waals surface area contributed by atoms with E-state index in [1.165, 1.54) is 0 Å². The van der Waals surface area contributed by atoms with Gasteiger partial charge < -0.3 is 15.4 Å². The number of halogens is 1. The van der Waals surface area contributed by atoms with E-state index in [4.69, 9.17) is 22.1 Å². The lowest BCUT2D eigenvalue weighted by Crippen LogP contribution is -2.44. The van der Waals surface area contributed by atoms with E-state index in [2.05, 4.69) is 44.7 Å². The zero-order chi connectivity index (χ0) is 28.1. The number of ether oxygens (including phenoxy) is 1. The number of benzene rings is 2. The van der Waals surface area contributed by atoms with Crippen molar-refractivity contribution in [2.75, 3.05) is 6.61 Å². The molecule has 0 atom stereocenters. The molecule has 2 aromatic carbocycles. The molecule has 0 radical (unpaired) electrons. The highest BCUT2D eigenvalue weighted by atomic mass is 35.5. The summed E-state index contributed by atoms with van der Waals surface area (Å²) in [5.41, 5.74) is 10.1. The summed E-state index contributed by atoms with van der Waals surface area (Å²) in [5.74, 6) is -0.637. The number of hydrogen-bond acceptors (Lipinski definition) is 5. The van der Waals surface area contributed by atoms with E-state index < -0.39 is 11.8 Å². The topological polar surface area (TPSA) is 89.7 Å². The highest BCUT2D eigenvalue weighted by Crippen LogP contribution is 2.55. The molecular weight excluding hydrogens is 512 g/mol. The van der Waals surface area contributed by atoms with Crippen LogP contribution in [0.4, 0.5) is 0 Å². The molecule has 5 rings (SSSR count). The Morgan fingerprint density at radius 2 is 1.49 bits per heavy atom. The van der Waals surface area contributed by atoms with Gasteiger partial charge in [0.15, 0.2) is 18.2 Å². The quantitative estimate of drug-likeness (QED) is 0.473. The molecule has 3 aliphatic rings. The number of nitrogens with zero attached hydrogens (tertiary/aromatic N) is 1. The molecule has 0 unspecified atom stereocenters. The monoisotopic (exact) mass is 546 g/mol. The minimum absolute atomic E-state index is 0.0682. The van der Waals surface area contributed by atoms with Crippen LogP contribution in [0.25, 0.3) is 0 Å². The van der Waals surface area contributed by atoms with Crippen LogP contribution in [-0.2, 0) is 20.9 Å². The Bertz CT molecular complexity index is 1370. The van der Waals surface area contributed by atoms with Crippen LogP contribution >= 0.6 is 11.6 Å². The molecule has 1 amide bonds. The molecule has 1 aliphatic heterocycles. The molecule has 0 spiro atoms. The fourth-order valence-electron chi connectivity index (χ4n) is 6.30. The van der Waals surface area contributed by atoms with Crippen molar-refractivity contribution in [1.29, 1.82) is 0 Å². The van der Waals surface area contributed by atoms with Gasteiger partial charge in [0.2, 0.25) is 0 Å². The maximum absolute atomic E-state index is 13.9. The number of amides is 1. The average molecular weight is 547 g/mol. The van der Waals surface area contributed by atoms with Gasteiger partial charge in [-0.15, -0.1) is 0 Å². The predicted molar refractivity (Wildman–Crippen MR) is 151 cm³/mol. The minimum Gasteiger partial charge on any atom is -0.482 e. The highest BCUT2D eigenvalue weighted by molar-refractivity contribution is 6.32. The van der Waals surface area contributed by atoms with E-state index in [9.17, 15) is 14.4 Å². The van der Waals surface area contributed by atoms with E-state index in [1.54, 1.807) is 12.1 Å². The van der Waals surface area contributed by atoms with Gasteiger partial charge in [-0.2, -0.15) is 0 Å². The number of rotatable bonds is 6. The van der Waals surface area contributed by atoms with E-state index in [0.717, 1.165) is 35.4 Å². The van der Waals surface area contributed by atoms with Gasteiger partial charge in [-0.05, 0) is 46.9 Å². The molecule has 39 heavy (non-hydrogen) atoms. The number of hydrogen-bond donors (Lipinski definition) is 1. The van der Waals surface area contributed by atoms with Crippen molar-refractivity contribution in [3.05, 3.63) is 87.2 Å². The third-order valence-electron chi connectivity index (χ3n) is 7.86. The van der Waals surface area contributed by atoms with E-state index in [-0.39, 0.29) is 29.0 Å². The fourth-order valence-corrected chi connectivity index (χ4v) is 6.54. The van der Waals surface area contributed by atoms with E-state index >= 15 is 0 Å². The zero-order valence-electron chi connectivity index (χ0n) is 23.0. The van der Waals surface area contributed by atoms with Crippen LogP contribution in [0.2, 0.25) is 5.02 Å². The third kappa shape index (κ3) is 5.40. The zero-order valence-corrected chi connectivity index (χ0v) is 23.7. The van der Waals surface area contributed by atoms with Gasteiger partial charge in [-0.1, -0.05) is 75.7 Å². The molecule has 6 nitrogen and oxygen atoms in total. The first-order valence-corrected chi connectivity index (χ1v) is 13.8. The number of allylic oxidation sites excluding steroid dienone is 4. The molecule has 0 fully saturated rings. The molecule has 204 valence electrons. The van der Waals surface area contributed by atoms with Gasteiger partial charge in [-0.3, -0.25) is 14.4 Å². The normalized spacial score (nSPS) is 20.6. The van der Waals surface area contributed by atoms with Gasteiger partial charge >= 0.3 is 0 Å². The highest BCUT2D eigenvalue weighted by Gasteiger charge is 2.49. The summed E-state index contributed by atoms with van der Waals surface area (Å²) in [4.78, 5) is 41.4. The van der Waals surface area contributed by atoms with Crippen molar-refractivity contribution in [3.63, 3.8) is 0 Å². The van der Waals surface area contributed by atoms with Crippen LogP contribution < -0.4 is 10.5 Å². The molecule has 0 bridgehead atoms. The number of nitrogens with two attached hydrogens (primary N) is 1.